The molecule has 0 aromatic heterocycles. The summed E-state index contributed by atoms with van der Waals surface area (Å²) in [4.78, 5) is 37.3. The maximum absolute atomic E-state index is 12.4. The Balaban J connectivity index is 2.07. The first kappa shape index (κ1) is 16.8. The van der Waals surface area contributed by atoms with E-state index in [-0.39, 0.29) is 11.8 Å². The lowest BCUT2D eigenvalue weighted by atomic mass is 9.97. The normalized spacial score (nSPS) is 17.3. The van der Waals surface area contributed by atoms with Crippen LogP contribution in [0.25, 0.3) is 0 Å². The number of rotatable bonds is 3. The van der Waals surface area contributed by atoms with Gasteiger partial charge in [-0.15, -0.1) is 0 Å². The number of hydrogen-bond donors (Lipinski definition) is 1. The van der Waals surface area contributed by atoms with Gasteiger partial charge in [-0.2, -0.15) is 0 Å². The Labute approximate surface area is 134 Å². The van der Waals surface area contributed by atoms with Gasteiger partial charge in [0.2, 0.25) is 5.91 Å². The molecule has 1 N–H and O–H groups in total. The summed E-state index contributed by atoms with van der Waals surface area (Å²) in [5.41, 5.74) is 0.698. The molecule has 1 aliphatic heterocycles. The molecule has 1 saturated heterocycles. The molecule has 1 aliphatic rings. The van der Waals surface area contributed by atoms with E-state index >= 15 is 0 Å². The van der Waals surface area contributed by atoms with Crippen LogP contribution in [0.1, 0.15) is 23.2 Å². The number of hydrogen-bond acceptors (Lipinski definition) is 5. The molecule has 2 rings (SSSR count). The molecule has 1 aromatic rings. The van der Waals surface area contributed by atoms with Crippen LogP contribution in [0, 0.1) is 5.92 Å². The first-order chi connectivity index (χ1) is 11.1. The van der Waals surface area contributed by atoms with E-state index in [9.17, 15) is 14.4 Å². The summed E-state index contributed by atoms with van der Waals surface area (Å²) in [5.74, 6) is -1.08. The van der Waals surface area contributed by atoms with Crippen LogP contribution in [0.2, 0.25) is 0 Å². The van der Waals surface area contributed by atoms with Crippen molar-refractivity contribution in [3.8, 4) is 0 Å². The quantitative estimate of drug-likeness (QED) is 0.860. The van der Waals surface area contributed by atoms with Gasteiger partial charge in [-0.3, -0.25) is 4.79 Å². The van der Waals surface area contributed by atoms with Crippen molar-refractivity contribution in [1.82, 2.24) is 4.90 Å². The largest absolute Gasteiger partial charge is 0.465 e. The van der Waals surface area contributed by atoms with Crippen molar-refractivity contribution in [3.63, 3.8) is 0 Å². The number of para-hydroxylation sites is 1. The van der Waals surface area contributed by atoms with E-state index in [1.807, 2.05) is 0 Å². The van der Waals surface area contributed by atoms with Crippen LogP contribution >= 0.6 is 0 Å². The third-order valence-electron chi connectivity index (χ3n) is 3.82. The van der Waals surface area contributed by atoms with Crippen LogP contribution < -0.4 is 5.32 Å². The van der Waals surface area contributed by atoms with Gasteiger partial charge in [-0.1, -0.05) is 12.1 Å². The Hall–Kier alpha value is -2.57. The molecule has 1 unspecified atom stereocenters. The monoisotopic (exact) mass is 320 g/mol. The van der Waals surface area contributed by atoms with Crippen LogP contribution in [-0.2, 0) is 14.3 Å². The molecule has 0 radical (unpaired) electrons. The molecule has 2 amide bonds. The first-order valence-corrected chi connectivity index (χ1v) is 7.38. The van der Waals surface area contributed by atoms with Crippen molar-refractivity contribution in [2.75, 3.05) is 32.6 Å². The number of nitrogens with zero attached hydrogens (tertiary/aromatic N) is 1. The average Bonchev–Trinajstić information content (AvgIpc) is 2.60. The molecule has 0 spiro atoms. The molecule has 124 valence electrons. The Bertz CT molecular complexity index is 602. The van der Waals surface area contributed by atoms with Crippen LogP contribution in [-0.4, -0.2) is 50.2 Å². The first-order valence-electron chi connectivity index (χ1n) is 7.38. The highest BCUT2D eigenvalue weighted by Gasteiger charge is 2.29. The van der Waals surface area contributed by atoms with Crippen molar-refractivity contribution in [1.29, 1.82) is 0 Å². The number of methoxy groups -OCH3 is 2. The number of amides is 2. The number of carbonyl (C=O) groups is 3. The zero-order valence-electron chi connectivity index (χ0n) is 13.2. The van der Waals surface area contributed by atoms with Gasteiger partial charge in [0, 0.05) is 13.1 Å². The molecule has 7 heteroatoms. The Morgan fingerprint density at radius 2 is 1.91 bits per heavy atom. The van der Waals surface area contributed by atoms with E-state index in [1.54, 1.807) is 24.3 Å². The minimum absolute atomic E-state index is 0.227. The Morgan fingerprint density at radius 1 is 1.17 bits per heavy atom. The SMILES string of the molecule is COC(=O)c1ccccc1NC(=O)C1CCCN(C(=O)OC)C1. The summed E-state index contributed by atoms with van der Waals surface area (Å²) in [6, 6.07) is 6.65. The molecular weight excluding hydrogens is 300 g/mol. The fourth-order valence-electron chi connectivity index (χ4n) is 2.60. The fraction of sp³-hybridized carbons (Fsp3) is 0.438. The van der Waals surface area contributed by atoms with Crippen molar-refractivity contribution >= 4 is 23.7 Å². The van der Waals surface area contributed by atoms with E-state index in [4.69, 9.17) is 9.47 Å². The number of likely N-dealkylation sites (tertiary alicyclic amines) is 1. The third-order valence-corrected chi connectivity index (χ3v) is 3.82. The van der Waals surface area contributed by atoms with E-state index in [2.05, 4.69) is 5.32 Å². The average molecular weight is 320 g/mol. The van der Waals surface area contributed by atoms with E-state index < -0.39 is 12.1 Å². The van der Waals surface area contributed by atoms with Crippen LogP contribution in [0.3, 0.4) is 0 Å². The maximum atomic E-state index is 12.4. The molecule has 0 saturated carbocycles. The summed E-state index contributed by atoms with van der Waals surface area (Å²) in [5, 5.41) is 2.75. The van der Waals surface area contributed by atoms with Crippen LogP contribution in [0.5, 0.6) is 0 Å². The topological polar surface area (TPSA) is 84.9 Å². The number of piperidine rings is 1. The number of anilines is 1. The lowest BCUT2D eigenvalue weighted by Gasteiger charge is -2.30. The van der Waals surface area contributed by atoms with Crippen molar-refractivity contribution < 1.29 is 23.9 Å². The molecule has 23 heavy (non-hydrogen) atoms. The second-order valence-electron chi connectivity index (χ2n) is 5.28. The van der Waals surface area contributed by atoms with Crippen molar-refractivity contribution in [2.24, 2.45) is 5.92 Å². The van der Waals surface area contributed by atoms with E-state index in [0.29, 0.717) is 30.8 Å². The number of benzene rings is 1. The minimum Gasteiger partial charge on any atom is -0.465 e. The summed E-state index contributed by atoms with van der Waals surface area (Å²) in [6.07, 6.45) is 0.975. The standard InChI is InChI=1S/C16H20N2O5/c1-22-15(20)12-7-3-4-8-13(12)17-14(19)11-6-5-9-18(10-11)16(21)23-2/h3-4,7-8,11H,5-6,9-10H2,1-2H3,(H,17,19). The molecule has 1 fully saturated rings. The highest BCUT2D eigenvalue weighted by molar-refractivity contribution is 6.02. The molecule has 0 aliphatic carbocycles. The summed E-state index contributed by atoms with van der Waals surface area (Å²) >= 11 is 0. The van der Waals surface area contributed by atoms with Gasteiger partial charge in [0.05, 0.1) is 31.4 Å². The van der Waals surface area contributed by atoms with Crippen molar-refractivity contribution in [3.05, 3.63) is 29.8 Å². The van der Waals surface area contributed by atoms with Gasteiger partial charge in [-0.25, -0.2) is 9.59 Å². The smallest absolute Gasteiger partial charge is 0.409 e. The third kappa shape index (κ3) is 4.00. The Morgan fingerprint density at radius 3 is 2.61 bits per heavy atom. The maximum Gasteiger partial charge on any atom is 0.409 e. The highest BCUT2D eigenvalue weighted by atomic mass is 16.5. The predicted molar refractivity (Wildman–Crippen MR) is 83.1 cm³/mol. The van der Waals surface area contributed by atoms with Gasteiger partial charge in [0.25, 0.3) is 0 Å². The lowest BCUT2D eigenvalue weighted by molar-refractivity contribution is -0.121. The molecule has 1 aromatic carbocycles. The van der Waals surface area contributed by atoms with Gasteiger partial charge < -0.3 is 19.7 Å². The minimum atomic E-state index is -0.513. The highest BCUT2D eigenvalue weighted by Crippen LogP contribution is 2.21. The van der Waals surface area contributed by atoms with Crippen LogP contribution in [0.4, 0.5) is 10.5 Å². The van der Waals surface area contributed by atoms with Gasteiger partial charge >= 0.3 is 12.1 Å². The van der Waals surface area contributed by atoms with E-state index in [0.717, 1.165) is 6.42 Å². The van der Waals surface area contributed by atoms with Gasteiger partial charge in [0.15, 0.2) is 0 Å². The summed E-state index contributed by atoms with van der Waals surface area (Å²) in [6.45, 7) is 0.883. The second kappa shape index (κ2) is 7.62. The zero-order chi connectivity index (χ0) is 16.8. The lowest BCUT2D eigenvalue weighted by Crippen LogP contribution is -2.43. The fourth-order valence-corrected chi connectivity index (χ4v) is 2.60. The number of carbonyl (C=O) groups excluding carboxylic acids is 3. The Kier molecular flexibility index (Phi) is 5.56. The van der Waals surface area contributed by atoms with Gasteiger partial charge in [-0.05, 0) is 25.0 Å². The zero-order valence-corrected chi connectivity index (χ0v) is 13.2. The summed E-state index contributed by atoms with van der Waals surface area (Å²) in [7, 11) is 2.61. The van der Waals surface area contributed by atoms with Crippen LogP contribution in [0.15, 0.2) is 24.3 Å². The molecule has 7 nitrogen and oxygen atoms in total. The second-order valence-corrected chi connectivity index (χ2v) is 5.28. The molecular formula is C16H20N2O5. The van der Waals surface area contributed by atoms with Gasteiger partial charge in [0.1, 0.15) is 0 Å². The molecule has 1 heterocycles. The number of nitrogens with one attached hydrogen (secondary N) is 1. The number of esters is 1. The summed E-state index contributed by atoms with van der Waals surface area (Å²) < 4.78 is 9.40. The predicted octanol–water partition coefficient (Wildman–Crippen LogP) is 1.89. The van der Waals surface area contributed by atoms with E-state index in [1.165, 1.54) is 19.1 Å². The molecule has 0 bridgehead atoms. The number of ether oxygens (including phenoxy) is 2. The van der Waals surface area contributed by atoms with Crippen molar-refractivity contribution in [2.45, 2.75) is 12.8 Å². The molecule has 1 atom stereocenters.